The van der Waals surface area contributed by atoms with Crippen molar-refractivity contribution in [1.82, 2.24) is 0 Å². The van der Waals surface area contributed by atoms with E-state index in [-0.39, 0.29) is 4.58 Å². The predicted octanol–water partition coefficient (Wildman–Crippen LogP) is 1.05. The van der Waals surface area contributed by atoms with Crippen LogP contribution < -0.4 is 0 Å². The maximum atomic E-state index is 10.3. The molecule has 0 saturated carbocycles. The molecule has 0 aromatic carbocycles. The van der Waals surface area contributed by atoms with Crippen molar-refractivity contribution in [3.63, 3.8) is 0 Å². The van der Waals surface area contributed by atoms with Gasteiger partial charge in [-0.3, -0.25) is 0 Å². The van der Waals surface area contributed by atoms with E-state index in [4.69, 9.17) is 9.47 Å². The van der Waals surface area contributed by atoms with Crippen molar-refractivity contribution < 1.29 is 19.7 Å². The minimum Gasteiger partial charge on any atom is -0.391 e. The Bertz CT molecular complexity index is 266. The fourth-order valence-electron chi connectivity index (χ4n) is 2.18. The van der Waals surface area contributed by atoms with E-state index in [1.165, 1.54) is 0 Å². The molecule has 2 rings (SSSR count). The molecular weight excluding hydrogens is 260 g/mol. The molecule has 0 radical (unpaired) electrons. The summed E-state index contributed by atoms with van der Waals surface area (Å²) in [6, 6.07) is 0. The third-order valence-electron chi connectivity index (χ3n) is 2.90. The monoisotopic (exact) mass is 280 g/mol. The number of hydrogen-bond acceptors (Lipinski definition) is 6. The molecule has 6 heteroatoms. The third-order valence-corrected chi connectivity index (χ3v) is 6.07. The SMILES string of the molecule is C[C@H](O)[C@@H]1OC(C)(C)O[C@H]1[C@@H](O)C1SCCS1. The van der Waals surface area contributed by atoms with Crippen LogP contribution in [0, 0.1) is 0 Å². The second-order valence-electron chi connectivity index (χ2n) is 4.91. The van der Waals surface area contributed by atoms with Crippen LogP contribution in [-0.2, 0) is 9.47 Å². The molecule has 2 heterocycles. The van der Waals surface area contributed by atoms with Crippen molar-refractivity contribution in [2.24, 2.45) is 0 Å². The summed E-state index contributed by atoms with van der Waals surface area (Å²) >= 11 is 3.49. The molecule has 0 spiro atoms. The summed E-state index contributed by atoms with van der Waals surface area (Å²) in [4.78, 5) is 0. The highest BCUT2D eigenvalue weighted by Gasteiger charge is 2.49. The molecule has 17 heavy (non-hydrogen) atoms. The van der Waals surface area contributed by atoms with Crippen molar-refractivity contribution in [3.05, 3.63) is 0 Å². The van der Waals surface area contributed by atoms with Gasteiger partial charge < -0.3 is 19.7 Å². The predicted molar refractivity (Wildman–Crippen MR) is 70.2 cm³/mol. The van der Waals surface area contributed by atoms with Crippen LogP contribution in [0.4, 0.5) is 0 Å². The van der Waals surface area contributed by atoms with E-state index in [2.05, 4.69) is 0 Å². The third kappa shape index (κ3) is 3.11. The quantitative estimate of drug-likeness (QED) is 0.806. The van der Waals surface area contributed by atoms with Gasteiger partial charge in [-0.15, -0.1) is 23.5 Å². The lowest BCUT2D eigenvalue weighted by Gasteiger charge is -2.27. The zero-order valence-electron chi connectivity index (χ0n) is 10.3. The first-order chi connectivity index (χ1) is 7.91. The van der Waals surface area contributed by atoms with Crippen LogP contribution in [0.5, 0.6) is 0 Å². The van der Waals surface area contributed by atoms with Crippen molar-refractivity contribution >= 4 is 23.5 Å². The van der Waals surface area contributed by atoms with Crippen molar-refractivity contribution in [3.8, 4) is 0 Å². The van der Waals surface area contributed by atoms with Gasteiger partial charge in [0, 0.05) is 11.5 Å². The molecule has 0 unspecified atom stereocenters. The Morgan fingerprint density at radius 1 is 1.12 bits per heavy atom. The Balaban J connectivity index is 2.06. The summed E-state index contributed by atoms with van der Waals surface area (Å²) in [5, 5.41) is 20.1. The van der Waals surface area contributed by atoms with Crippen LogP contribution in [0.15, 0.2) is 0 Å². The minimum absolute atomic E-state index is 0.124. The normalized spacial score (nSPS) is 37.2. The molecular formula is C11H20O4S2. The largest absolute Gasteiger partial charge is 0.391 e. The molecule has 2 saturated heterocycles. The van der Waals surface area contributed by atoms with Gasteiger partial charge >= 0.3 is 0 Å². The molecule has 100 valence electrons. The van der Waals surface area contributed by atoms with Gasteiger partial charge in [0.15, 0.2) is 5.79 Å². The average molecular weight is 280 g/mol. The van der Waals surface area contributed by atoms with E-state index >= 15 is 0 Å². The van der Waals surface area contributed by atoms with E-state index in [1.54, 1.807) is 30.4 Å². The van der Waals surface area contributed by atoms with Gasteiger partial charge in [0.05, 0.1) is 10.7 Å². The molecule has 4 nitrogen and oxygen atoms in total. The standard InChI is InChI=1S/C11H20O4S2/c1-6(12)8-9(15-11(2,3)14-8)7(13)10-16-4-5-17-10/h6-10,12-13H,4-5H2,1-3H3/t6-,7+,8-,9-/m0/s1. The molecule has 0 aromatic rings. The second-order valence-corrected chi connectivity index (χ2v) is 7.70. The van der Waals surface area contributed by atoms with E-state index in [0.29, 0.717) is 0 Å². The van der Waals surface area contributed by atoms with Gasteiger partial charge in [0.2, 0.25) is 0 Å². The van der Waals surface area contributed by atoms with E-state index in [0.717, 1.165) is 11.5 Å². The summed E-state index contributed by atoms with van der Waals surface area (Å²) < 4.78 is 11.5. The minimum atomic E-state index is -0.735. The lowest BCUT2D eigenvalue weighted by Crippen LogP contribution is -2.44. The van der Waals surface area contributed by atoms with Gasteiger partial charge in [-0.1, -0.05) is 0 Å². The molecule has 2 N–H and O–H groups in total. The van der Waals surface area contributed by atoms with Crippen LogP contribution in [0.2, 0.25) is 0 Å². The van der Waals surface area contributed by atoms with Crippen LogP contribution in [0.3, 0.4) is 0 Å². The van der Waals surface area contributed by atoms with Crippen molar-refractivity contribution in [2.45, 2.75) is 55.6 Å². The Kier molecular flexibility index (Phi) is 4.32. The van der Waals surface area contributed by atoms with Crippen molar-refractivity contribution in [2.75, 3.05) is 11.5 Å². The molecule has 4 atom stereocenters. The number of aliphatic hydroxyl groups excluding tert-OH is 2. The van der Waals surface area contributed by atoms with Gasteiger partial charge in [0.1, 0.15) is 18.3 Å². The molecule has 0 bridgehead atoms. The van der Waals surface area contributed by atoms with Crippen molar-refractivity contribution in [1.29, 1.82) is 0 Å². The van der Waals surface area contributed by atoms with Crippen LogP contribution >= 0.6 is 23.5 Å². The van der Waals surface area contributed by atoms with E-state index < -0.39 is 30.2 Å². The van der Waals surface area contributed by atoms with E-state index in [9.17, 15) is 10.2 Å². The smallest absolute Gasteiger partial charge is 0.164 e. The summed E-state index contributed by atoms with van der Waals surface area (Å²) in [5.74, 6) is 1.38. The number of hydrogen-bond donors (Lipinski definition) is 2. The Morgan fingerprint density at radius 2 is 1.65 bits per heavy atom. The Morgan fingerprint density at radius 3 is 2.18 bits per heavy atom. The Hall–Kier alpha value is 0.540. The first kappa shape index (κ1) is 14.0. The maximum absolute atomic E-state index is 10.3. The molecule has 0 aliphatic carbocycles. The summed E-state index contributed by atoms with van der Waals surface area (Å²) in [6.07, 6.45) is -2.16. The lowest BCUT2D eigenvalue weighted by molar-refractivity contribution is -0.159. The van der Waals surface area contributed by atoms with Gasteiger partial charge in [-0.2, -0.15) is 0 Å². The highest BCUT2D eigenvalue weighted by atomic mass is 32.2. The lowest BCUT2D eigenvalue weighted by atomic mass is 10.1. The molecule has 2 fully saturated rings. The Labute approximate surface area is 110 Å². The zero-order chi connectivity index (χ0) is 12.6. The van der Waals surface area contributed by atoms with Gasteiger partial charge in [0.25, 0.3) is 0 Å². The number of rotatable bonds is 3. The summed E-state index contributed by atoms with van der Waals surface area (Å²) in [5.41, 5.74) is 0. The van der Waals surface area contributed by atoms with Gasteiger partial charge in [-0.25, -0.2) is 0 Å². The number of aliphatic hydroxyl groups is 2. The average Bonchev–Trinajstić information content (AvgIpc) is 2.83. The highest BCUT2D eigenvalue weighted by molar-refractivity contribution is 8.20. The van der Waals surface area contributed by atoms with E-state index in [1.807, 2.05) is 13.8 Å². The molecule has 2 aliphatic heterocycles. The fourth-order valence-corrected chi connectivity index (χ4v) is 5.08. The first-order valence-corrected chi connectivity index (χ1v) is 7.95. The summed E-state index contributed by atoms with van der Waals surface area (Å²) in [6.45, 7) is 5.29. The van der Waals surface area contributed by atoms with Crippen LogP contribution in [0.25, 0.3) is 0 Å². The number of thioether (sulfide) groups is 2. The second kappa shape index (κ2) is 5.27. The topological polar surface area (TPSA) is 58.9 Å². The van der Waals surface area contributed by atoms with Crippen LogP contribution in [0.1, 0.15) is 20.8 Å². The summed E-state index contributed by atoms with van der Waals surface area (Å²) in [7, 11) is 0. The molecule has 0 aromatic heterocycles. The fraction of sp³-hybridized carbons (Fsp3) is 1.00. The first-order valence-electron chi connectivity index (χ1n) is 5.86. The van der Waals surface area contributed by atoms with Crippen LogP contribution in [-0.4, -0.2) is 56.5 Å². The zero-order valence-corrected chi connectivity index (χ0v) is 12.0. The number of ether oxygens (including phenoxy) is 2. The maximum Gasteiger partial charge on any atom is 0.164 e. The molecule has 2 aliphatic rings. The van der Waals surface area contributed by atoms with Gasteiger partial charge in [-0.05, 0) is 20.8 Å². The molecule has 0 amide bonds. The highest BCUT2D eigenvalue weighted by Crippen LogP contribution is 2.40.